The van der Waals surface area contributed by atoms with E-state index in [4.69, 9.17) is 16.1 Å². The number of aromatic nitrogens is 2. The van der Waals surface area contributed by atoms with Gasteiger partial charge in [0.2, 0.25) is 11.7 Å². The summed E-state index contributed by atoms with van der Waals surface area (Å²) in [5, 5.41) is 10.0. The van der Waals surface area contributed by atoms with Gasteiger partial charge in [-0.3, -0.25) is 9.59 Å². The molecule has 3 aromatic carbocycles. The van der Waals surface area contributed by atoms with Gasteiger partial charge in [-0.1, -0.05) is 41.0 Å². The predicted molar refractivity (Wildman–Crippen MR) is 119 cm³/mol. The molecule has 4 aromatic rings. The zero-order chi connectivity index (χ0) is 21.8. The molecule has 31 heavy (non-hydrogen) atoms. The number of amides is 2. The molecular weight excluding hydrogens is 416 g/mol. The number of anilines is 2. The largest absolute Gasteiger partial charge is 0.334 e. The molecule has 0 aliphatic rings. The first-order valence-corrected chi connectivity index (χ1v) is 9.76. The Hall–Kier alpha value is -3.97. The number of nitrogens with zero attached hydrogens (tertiary/aromatic N) is 2. The minimum absolute atomic E-state index is 0.165. The van der Waals surface area contributed by atoms with Gasteiger partial charge in [0.15, 0.2) is 0 Å². The van der Waals surface area contributed by atoms with Gasteiger partial charge in [0.05, 0.1) is 16.1 Å². The quantitative estimate of drug-likeness (QED) is 0.448. The average molecular weight is 433 g/mol. The lowest BCUT2D eigenvalue weighted by Gasteiger charge is -2.09. The van der Waals surface area contributed by atoms with E-state index in [9.17, 15) is 9.59 Å². The number of carbonyl (C=O) groups is 2. The number of nitrogens with one attached hydrogen (secondary N) is 2. The molecule has 7 nitrogen and oxygen atoms in total. The molecule has 0 radical (unpaired) electrons. The molecule has 0 unspecified atom stereocenters. The molecule has 1 heterocycles. The summed E-state index contributed by atoms with van der Waals surface area (Å²) in [7, 11) is 0. The van der Waals surface area contributed by atoms with Gasteiger partial charge in [-0.2, -0.15) is 4.98 Å². The topological polar surface area (TPSA) is 97.1 Å². The van der Waals surface area contributed by atoms with Gasteiger partial charge >= 0.3 is 0 Å². The van der Waals surface area contributed by atoms with Gasteiger partial charge in [-0.05, 0) is 48.5 Å². The molecular formula is C23H17ClN4O3. The fourth-order valence-corrected chi connectivity index (χ4v) is 3.21. The maximum Gasteiger partial charge on any atom is 0.259 e. The highest BCUT2D eigenvalue weighted by Crippen LogP contribution is 2.29. The minimum Gasteiger partial charge on any atom is -0.334 e. The molecule has 4 rings (SSSR count). The molecule has 1 aromatic heterocycles. The van der Waals surface area contributed by atoms with Crippen molar-refractivity contribution < 1.29 is 14.1 Å². The lowest BCUT2D eigenvalue weighted by Crippen LogP contribution is -2.13. The van der Waals surface area contributed by atoms with Gasteiger partial charge in [-0.25, -0.2) is 0 Å². The van der Waals surface area contributed by atoms with E-state index in [0.717, 1.165) is 0 Å². The summed E-state index contributed by atoms with van der Waals surface area (Å²) in [5.41, 5.74) is 2.74. The van der Waals surface area contributed by atoms with Crippen LogP contribution in [0.3, 0.4) is 0 Å². The number of halogens is 1. The monoisotopic (exact) mass is 432 g/mol. The van der Waals surface area contributed by atoms with Crippen LogP contribution >= 0.6 is 11.6 Å². The maximum absolute atomic E-state index is 12.9. The molecule has 0 saturated carbocycles. The summed E-state index contributed by atoms with van der Waals surface area (Å²) in [6.45, 7) is 1.43. The molecule has 8 heteroatoms. The molecule has 2 N–H and O–H groups in total. The Morgan fingerprint density at radius 3 is 2.13 bits per heavy atom. The van der Waals surface area contributed by atoms with Crippen LogP contribution < -0.4 is 10.6 Å². The second-order valence-corrected chi connectivity index (χ2v) is 7.07. The summed E-state index contributed by atoms with van der Waals surface area (Å²) in [6.07, 6.45) is 0. The van der Waals surface area contributed by atoms with Gasteiger partial charge in [0.25, 0.3) is 11.8 Å². The standard InChI is InChI=1S/C23H17ClN4O3/c1-14(29)25-15-10-12-16(13-11-15)26-22(30)17-6-2-3-7-18(17)23-27-21(28-31-23)19-8-4-5-9-20(19)24/h2-13H,1H3,(H,25,29)(H,26,30). The Kier molecular flexibility index (Phi) is 5.77. The number of hydrogen-bond donors (Lipinski definition) is 2. The van der Waals surface area contributed by atoms with Crippen molar-refractivity contribution in [3.05, 3.63) is 83.4 Å². The van der Waals surface area contributed by atoms with E-state index in [-0.39, 0.29) is 17.7 Å². The zero-order valence-corrected chi connectivity index (χ0v) is 17.2. The third-order valence-electron chi connectivity index (χ3n) is 4.41. The lowest BCUT2D eigenvalue weighted by molar-refractivity contribution is -0.114. The van der Waals surface area contributed by atoms with Crippen LogP contribution in [-0.2, 0) is 4.79 Å². The maximum atomic E-state index is 12.9. The van der Waals surface area contributed by atoms with E-state index in [2.05, 4.69) is 20.8 Å². The second kappa shape index (κ2) is 8.81. The highest BCUT2D eigenvalue weighted by atomic mass is 35.5. The van der Waals surface area contributed by atoms with Gasteiger partial charge in [0, 0.05) is 23.9 Å². The molecule has 0 spiro atoms. The van der Waals surface area contributed by atoms with Crippen molar-refractivity contribution in [2.24, 2.45) is 0 Å². The Balaban J connectivity index is 1.58. The molecule has 0 fully saturated rings. The summed E-state index contributed by atoms with van der Waals surface area (Å²) in [5.74, 6) is 0.0489. The minimum atomic E-state index is -0.333. The summed E-state index contributed by atoms with van der Waals surface area (Å²) < 4.78 is 5.41. The van der Waals surface area contributed by atoms with E-state index in [0.29, 0.717) is 38.9 Å². The van der Waals surface area contributed by atoms with E-state index < -0.39 is 0 Å². The first kappa shape index (κ1) is 20.3. The van der Waals surface area contributed by atoms with Gasteiger partial charge in [-0.15, -0.1) is 0 Å². The van der Waals surface area contributed by atoms with Crippen molar-refractivity contribution in [3.8, 4) is 22.8 Å². The molecule has 0 atom stereocenters. The smallest absolute Gasteiger partial charge is 0.259 e. The Bertz CT molecular complexity index is 1250. The van der Waals surface area contributed by atoms with Crippen molar-refractivity contribution in [2.75, 3.05) is 10.6 Å². The average Bonchev–Trinajstić information content (AvgIpc) is 3.25. The zero-order valence-electron chi connectivity index (χ0n) is 16.4. The Morgan fingerprint density at radius 1 is 0.839 bits per heavy atom. The summed E-state index contributed by atoms with van der Waals surface area (Å²) in [4.78, 5) is 28.5. The van der Waals surface area contributed by atoms with Crippen molar-refractivity contribution in [1.29, 1.82) is 0 Å². The normalized spacial score (nSPS) is 10.5. The van der Waals surface area contributed by atoms with Crippen molar-refractivity contribution in [2.45, 2.75) is 6.92 Å². The number of hydrogen-bond acceptors (Lipinski definition) is 5. The third-order valence-corrected chi connectivity index (χ3v) is 4.74. The number of carbonyl (C=O) groups excluding carboxylic acids is 2. The third kappa shape index (κ3) is 4.62. The number of benzene rings is 3. The summed E-state index contributed by atoms with van der Waals surface area (Å²) in [6, 6.07) is 20.9. The van der Waals surface area contributed by atoms with E-state index in [1.807, 2.05) is 12.1 Å². The SMILES string of the molecule is CC(=O)Nc1ccc(NC(=O)c2ccccc2-c2nc(-c3ccccc3Cl)no2)cc1. The summed E-state index contributed by atoms with van der Waals surface area (Å²) >= 11 is 6.22. The van der Waals surface area contributed by atoms with Crippen LogP contribution in [0.15, 0.2) is 77.3 Å². The molecule has 154 valence electrons. The van der Waals surface area contributed by atoms with Crippen LogP contribution in [0.1, 0.15) is 17.3 Å². The Labute approximate surface area is 183 Å². The van der Waals surface area contributed by atoms with Crippen LogP contribution in [0, 0.1) is 0 Å². The van der Waals surface area contributed by atoms with E-state index >= 15 is 0 Å². The molecule has 0 aliphatic heterocycles. The van der Waals surface area contributed by atoms with Crippen LogP contribution in [-0.4, -0.2) is 22.0 Å². The number of rotatable bonds is 5. The first-order valence-electron chi connectivity index (χ1n) is 9.38. The highest BCUT2D eigenvalue weighted by molar-refractivity contribution is 6.33. The van der Waals surface area contributed by atoms with Crippen molar-refractivity contribution in [3.63, 3.8) is 0 Å². The first-order chi connectivity index (χ1) is 15.0. The second-order valence-electron chi connectivity index (χ2n) is 6.66. The molecule has 2 amide bonds. The van der Waals surface area contributed by atoms with E-state index in [1.54, 1.807) is 60.7 Å². The molecule has 0 aliphatic carbocycles. The lowest BCUT2D eigenvalue weighted by atomic mass is 10.1. The Morgan fingerprint density at radius 2 is 1.45 bits per heavy atom. The van der Waals surface area contributed by atoms with Crippen LogP contribution in [0.2, 0.25) is 5.02 Å². The van der Waals surface area contributed by atoms with E-state index in [1.165, 1.54) is 6.92 Å². The molecule has 0 bridgehead atoms. The fraction of sp³-hybridized carbons (Fsp3) is 0.0435. The van der Waals surface area contributed by atoms with Crippen LogP contribution in [0.25, 0.3) is 22.8 Å². The predicted octanol–water partition coefficient (Wildman–Crippen LogP) is 5.27. The highest BCUT2D eigenvalue weighted by Gasteiger charge is 2.19. The van der Waals surface area contributed by atoms with Gasteiger partial charge in [0.1, 0.15) is 0 Å². The van der Waals surface area contributed by atoms with Crippen LogP contribution in [0.4, 0.5) is 11.4 Å². The van der Waals surface area contributed by atoms with Gasteiger partial charge < -0.3 is 15.2 Å². The molecule has 0 saturated heterocycles. The van der Waals surface area contributed by atoms with Crippen molar-refractivity contribution >= 4 is 34.8 Å². The fourth-order valence-electron chi connectivity index (χ4n) is 2.99. The van der Waals surface area contributed by atoms with Crippen LogP contribution in [0.5, 0.6) is 0 Å². The van der Waals surface area contributed by atoms with Crippen molar-refractivity contribution in [1.82, 2.24) is 10.1 Å².